The van der Waals surface area contributed by atoms with Crippen LogP contribution in [0, 0.1) is 20.8 Å². The fourth-order valence-corrected chi connectivity index (χ4v) is 2.47. The fourth-order valence-electron chi connectivity index (χ4n) is 1.25. The highest BCUT2D eigenvalue weighted by Crippen LogP contribution is 2.21. The second-order valence-electron chi connectivity index (χ2n) is 3.07. The van der Waals surface area contributed by atoms with Crippen molar-refractivity contribution in [2.75, 3.05) is 0 Å². The molecule has 0 radical (unpaired) electrons. The van der Waals surface area contributed by atoms with E-state index in [0.717, 1.165) is 10.2 Å². The van der Waals surface area contributed by atoms with E-state index < -0.39 is 0 Å². The molecule has 0 saturated carbocycles. The predicted molar refractivity (Wildman–Crippen MR) is 57.9 cm³/mol. The second-order valence-corrected chi connectivity index (χ2v) is 4.94. The van der Waals surface area contributed by atoms with Crippen molar-refractivity contribution >= 4 is 31.4 Å². The number of hydrogen-bond donors (Lipinski definition) is 0. The van der Waals surface area contributed by atoms with Crippen LogP contribution in [0.4, 0.5) is 0 Å². The largest absolute Gasteiger partial charge is 0.0673 e. The smallest absolute Gasteiger partial charge is 0.0388 e. The van der Waals surface area contributed by atoms with Crippen molar-refractivity contribution in [1.82, 2.24) is 0 Å². The lowest BCUT2D eigenvalue weighted by atomic mass is 10.1. The van der Waals surface area contributed by atoms with Crippen molar-refractivity contribution < 1.29 is 0 Å². The normalized spacial score (nSPS) is 10.5. The van der Waals surface area contributed by atoms with E-state index in [1.54, 1.807) is 0 Å². The van der Waals surface area contributed by atoms with E-state index >= 15 is 0 Å². The van der Waals surface area contributed by atoms with Gasteiger partial charge >= 0.3 is 0 Å². The molecule has 2 heteroatoms. The summed E-state index contributed by atoms with van der Waals surface area (Å²) >= 11 is 3.58. The lowest BCUT2D eigenvalue weighted by Crippen LogP contribution is -2.10. The van der Waals surface area contributed by atoms with Gasteiger partial charge in [-0.05, 0) is 37.5 Å². The maximum atomic E-state index is 3.58. The highest BCUT2D eigenvalue weighted by molar-refractivity contribution is 9.10. The molecule has 0 fully saturated rings. The van der Waals surface area contributed by atoms with E-state index in [-0.39, 0.29) is 0 Å². The Morgan fingerprint density at radius 2 is 1.73 bits per heavy atom. The van der Waals surface area contributed by atoms with Gasteiger partial charge in [0.05, 0.1) is 0 Å². The summed E-state index contributed by atoms with van der Waals surface area (Å²) in [5, 5.41) is 1.52. The summed E-state index contributed by atoms with van der Waals surface area (Å²) in [6, 6.07) is 2.28. The van der Waals surface area contributed by atoms with E-state index in [4.69, 9.17) is 0 Å². The molecule has 0 aromatic heterocycles. The molecular weight excluding hydrogens is 216 g/mol. The molecule has 0 spiro atoms. The van der Waals surface area contributed by atoms with Gasteiger partial charge in [0.2, 0.25) is 0 Å². The van der Waals surface area contributed by atoms with Crippen molar-refractivity contribution in [2.24, 2.45) is 0 Å². The molecule has 0 heterocycles. The lowest BCUT2D eigenvalue weighted by Gasteiger charge is -2.09. The molecule has 0 amide bonds. The zero-order valence-corrected chi connectivity index (χ0v) is 11.0. The van der Waals surface area contributed by atoms with Crippen LogP contribution in [0.3, 0.4) is 0 Å². The third-order valence-electron chi connectivity index (χ3n) is 2.26. The zero-order valence-electron chi connectivity index (χ0n) is 7.46. The molecular formula is C9H13BrSi. The summed E-state index contributed by atoms with van der Waals surface area (Å²) < 4.78 is 1.27. The third-order valence-corrected chi connectivity index (χ3v) is 4.52. The highest BCUT2D eigenvalue weighted by Gasteiger charge is 2.03. The SMILES string of the molecule is Cc1cc([SiH3])c(C)c(C)c1Br. The summed E-state index contributed by atoms with van der Waals surface area (Å²) in [6.07, 6.45) is 0. The minimum absolute atomic E-state index is 1.15. The maximum Gasteiger partial charge on any atom is 0.0388 e. The van der Waals surface area contributed by atoms with Crippen LogP contribution >= 0.6 is 15.9 Å². The van der Waals surface area contributed by atoms with Crippen LogP contribution in [0.1, 0.15) is 16.7 Å². The maximum absolute atomic E-state index is 3.58. The topological polar surface area (TPSA) is 0 Å². The standard InChI is InChI=1S/C9H13BrSi/c1-5-4-8(11)6(2)7(3)9(5)10/h4H,1-3,11H3. The Hall–Kier alpha value is -0.0831. The zero-order chi connectivity index (χ0) is 8.59. The molecule has 0 aliphatic rings. The molecule has 1 aromatic rings. The van der Waals surface area contributed by atoms with Crippen molar-refractivity contribution in [3.63, 3.8) is 0 Å². The Kier molecular flexibility index (Phi) is 2.55. The van der Waals surface area contributed by atoms with E-state index in [9.17, 15) is 0 Å². The summed E-state index contributed by atoms with van der Waals surface area (Å²) in [6.45, 7) is 6.52. The van der Waals surface area contributed by atoms with E-state index in [0.29, 0.717) is 0 Å². The number of benzene rings is 1. The molecule has 0 saturated heterocycles. The Balaban J connectivity index is 3.46. The van der Waals surface area contributed by atoms with E-state index in [1.807, 2.05) is 0 Å². The van der Waals surface area contributed by atoms with Gasteiger partial charge in [0.1, 0.15) is 0 Å². The third kappa shape index (κ3) is 1.57. The fraction of sp³-hybridized carbons (Fsp3) is 0.333. The Morgan fingerprint density at radius 1 is 1.18 bits per heavy atom. The minimum Gasteiger partial charge on any atom is -0.0673 e. The van der Waals surface area contributed by atoms with E-state index in [1.165, 1.54) is 26.3 Å². The second kappa shape index (κ2) is 3.11. The Bertz CT molecular complexity index is 266. The van der Waals surface area contributed by atoms with Crippen LogP contribution in [-0.2, 0) is 0 Å². The van der Waals surface area contributed by atoms with Crippen LogP contribution in [0.5, 0.6) is 0 Å². The molecule has 0 aliphatic carbocycles. The molecule has 1 rings (SSSR count). The van der Waals surface area contributed by atoms with Gasteiger partial charge in [-0.2, -0.15) is 0 Å². The van der Waals surface area contributed by atoms with Gasteiger partial charge in [-0.25, -0.2) is 0 Å². The van der Waals surface area contributed by atoms with Gasteiger partial charge in [-0.3, -0.25) is 0 Å². The molecule has 0 nitrogen and oxygen atoms in total. The molecule has 1 aromatic carbocycles. The van der Waals surface area contributed by atoms with Crippen LogP contribution in [-0.4, -0.2) is 10.2 Å². The first-order valence-corrected chi connectivity index (χ1v) is 5.56. The summed E-state index contributed by atoms with van der Waals surface area (Å²) in [5.74, 6) is 0. The average Bonchev–Trinajstić information content (AvgIpc) is 1.97. The molecule has 11 heavy (non-hydrogen) atoms. The minimum atomic E-state index is 1.15. The van der Waals surface area contributed by atoms with Gasteiger partial charge in [0.25, 0.3) is 0 Å². The number of halogens is 1. The van der Waals surface area contributed by atoms with E-state index in [2.05, 4.69) is 42.8 Å². The monoisotopic (exact) mass is 228 g/mol. The van der Waals surface area contributed by atoms with Crippen LogP contribution < -0.4 is 5.19 Å². The van der Waals surface area contributed by atoms with Crippen molar-refractivity contribution in [3.05, 3.63) is 27.2 Å². The number of aryl methyl sites for hydroxylation is 1. The quantitative estimate of drug-likeness (QED) is 0.589. The van der Waals surface area contributed by atoms with Crippen molar-refractivity contribution in [3.8, 4) is 0 Å². The Morgan fingerprint density at radius 3 is 2.27 bits per heavy atom. The van der Waals surface area contributed by atoms with Gasteiger partial charge in [0.15, 0.2) is 0 Å². The van der Waals surface area contributed by atoms with Crippen molar-refractivity contribution in [1.29, 1.82) is 0 Å². The number of hydrogen-bond acceptors (Lipinski definition) is 0. The molecule has 0 N–H and O–H groups in total. The first-order chi connectivity index (χ1) is 5.04. The highest BCUT2D eigenvalue weighted by atomic mass is 79.9. The molecule has 0 aliphatic heterocycles. The first-order valence-electron chi connectivity index (χ1n) is 3.77. The molecule has 0 bridgehead atoms. The van der Waals surface area contributed by atoms with Crippen LogP contribution in [0.15, 0.2) is 10.5 Å². The van der Waals surface area contributed by atoms with Gasteiger partial charge < -0.3 is 0 Å². The predicted octanol–water partition coefficient (Wildman–Crippen LogP) is 1.37. The Labute approximate surface area is 79.6 Å². The van der Waals surface area contributed by atoms with Crippen LogP contribution in [0.2, 0.25) is 0 Å². The molecule has 60 valence electrons. The summed E-state index contributed by atoms with van der Waals surface area (Å²) in [7, 11) is 1.15. The molecule has 0 atom stereocenters. The lowest BCUT2D eigenvalue weighted by molar-refractivity contribution is 1.29. The van der Waals surface area contributed by atoms with Crippen molar-refractivity contribution in [2.45, 2.75) is 20.8 Å². The number of rotatable bonds is 0. The van der Waals surface area contributed by atoms with Gasteiger partial charge in [-0.15, -0.1) is 0 Å². The summed E-state index contributed by atoms with van der Waals surface area (Å²) in [4.78, 5) is 0. The van der Waals surface area contributed by atoms with Gasteiger partial charge in [0, 0.05) is 14.7 Å². The van der Waals surface area contributed by atoms with Gasteiger partial charge in [-0.1, -0.05) is 27.2 Å². The van der Waals surface area contributed by atoms with Crippen LogP contribution in [0.25, 0.3) is 0 Å². The summed E-state index contributed by atoms with van der Waals surface area (Å²) in [5.41, 5.74) is 4.21. The molecule has 0 unspecified atom stereocenters. The first kappa shape index (κ1) is 9.01. The average molecular weight is 229 g/mol.